The monoisotopic (exact) mass is 268 g/mol. The third-order valence-corrected chi connectivity index (χ3v) is 4.81. The molecule has 0 aromatic rings. The van der Waals surface area contributed by atoms with E-state index in [0.29, 0.717) is 5.91 Å². The molecule has 1 saturated heterocycles. The second-order valence-electron chi connectivity index (χ2n) is 7.27. The zero-order valence-corrected chi connectivity index (χ0v) is 13.7. The van der Waals surface area contributed by atoms with E-state index in [1.54, 1.807) is 0 Å². The van der Waals surface area contributed by atoms with Crippen LogP contribution in [-0.4, -0.2) is 37.0 Å². The van der Waals surface area contributed by atoms with Crippen molar-refractivity contribution in [2.75, 3.05) is 20.1 Å². The largest absolute Gasteiger partial charge is 0.342 e. The molecule has 0 aliphatic carbocycles. The number of rotatable bonds is 4. The first-order valence-corrected chi connectivity index (χ1v) is 7.72. The van der Waals surface area contributed by atoms with Gasteiger partial charge in [0.25, 0.3) is 0 Å². The number of piperidine rings is 1. The summed E-state index contributed by atoms with van der Waals surface area (Å²) < 4.78 is 0. The molecule has 2 unspecified atom stereocenters. The average Bonchev–Trinajstić information content (AvgIpc) is 2.36. The molecular formula is C16H32N2O. The van der Waals surface area contributed by atoms with Crippen molar-refractivity contribution in [1.29, 1.82) is 0 Å². The lowest BCUT2D eigenvalue weighted by Gasteiger charge is -2.43. The number of nitrogens with zero attached hydrogens (tertiary/aromatic N) is 1. The number of hydrogen-bond acceptors (Lipinski definition) is 2. The predicted molar refractivity (Wildman–Crippen MR) is 81.1 cm³/mol. The minimum Gasteiger partial charge on any atom is -0.342 e. The maximum Gasteiger partial charge on any atom is 0.230 e. The van der Waals surface area contributed by atoms with E-state index < -0.39 is 0 Å². The fourth-order valence-electron chi connectivity index (χ4n) is 3.08. The average molecular weight is 268 g/mol. The Morgan fingerprint density at radius 2 is 2.05 bits per heavy atom. The molecule has 2 atom stereocenters. The van der Waals surface area contributed by atoms with Gasteiger partial charge in [-0.1, -0.05) is 34.1 Å². The van der Waals surface area contributed by atoms with Gasteiger partial charge in [-0.25, -0.2) is 0 Å². The standard InChI is InChI=1S/C16H32N2O/c1-7-9-16(10-8-11-17-12-16)14(19)18(6)13(2)15(3,4)5/h13,17H,7-12H2,1-6H3. The van der Waals surface area contributed by atoms with E-state index in [4.69, 9.17) is 0 Å². The van der Waals surface area contributed by atoms with Gasteiger partial charge in [-0.15, -0.1) is 0 Å². The highest BCUT2D eigenvalue weighted by atomic mass is 16.2. The first kappa shape index (κ1) is 16.5. The molecule has 0 saturated carbocycles. The molecule has 3 nitrogen and oxygen atoms in total. The summed E-state index contributed by atoms with van der Waals surface area (Å²) in [5.74, 6) is 0.337. The molecule has 1 aliphatic heterocycles. The lowest BCUT2D eigenvalue weighted by atomic mass is 9.75. The summed E-state index contributed by atoms with van der Waals surface area (Å²) in [6, 6.07) is 0.260. The van der Waals surface area contributed by atoms with Crippen LogP contribution < -0.4 is 5.32 Å². The van der Waals surface area contributed by atoms with Crippen molar-refractivity contribution < 1.29 is 4.79 Å². The molecule has 1 N–H and O–H groups in total. The zero-order valence-electron chi connectivity index (χ0n) is 13.7. The van der Waals surface area contributed by atoms with Crippen LogP contribution in [0.25, 0.3) is 0 Å². The molecule has 1 aliphatic rings. The van der Waals surface area contributed by atoms with Crippen molar-refractivity contribution in [3.8, 4) is 0 Å². The van der Waals surface area contributed by atoms with Crippen molar-refractivity contribution in [2.45, 2.75) is 66.3 Å². The van der Waals surface area contributed by atoms with Gasteiger partial charge in [-0.3, -0.25) is 4.79 Å². The quantitative estimate of drug-likeness (QED) is 0.850. The summed E-state index contributed by atoms with van der Waals surface area (Å²) in [5, 5.41) is 3.43. The van der Waals surface area contributed by atoms with E-state index in [0.717, 1.165) is 38.8 Å². The van der Waals surface area contributed by atoms with Crippen LogP contribution in [0, 0.1) is 10.8 Å². The second kappa shape index (κ2) is 6.25. The van der Waals surface area contributed by atoms with Crippen LogP contribution in [-0.2, 0) is 4.79 Å². The normalized spacial score (nSPS) is 26.0. The Labute approximate surface area is 119 Å². The molecule has 1 rings (SSSR count). The summed E-state index contributed by atoms with van der Waals surface area (Å²) in [6.07, 6.45) is 4.22. The van der Waals surface area contributed by atoms with Crippen molar-refractivity contribution >= 4 is 5.91 Å². The van der Waals surface area contributed by atoms with Crippen molar-refractivity contribution in [1.82, 2.24) is 10.2 Å². The van der Waals surface area contributed by atoms with Gasteiger partial charge in [0.1, 0.15) is 0 Å². The summed E-state index contributed by atoms with van der Waals surface area (Å²) in [4.78, 5) is 15.0. The molecule has 1 amide bonds. The topological polar surface area (TPSA) is 32.3 Å². The van der Waals surface area contributed by atoms with Crippen molar-refractivity contribution in [3.05, 3.63) is 0 Å². The number of hydrogen-bond donors (Lipinski definition) is 1. The molecular weight excluding hydrogens is 236 g/mol. The van der Waals surface area contributed by atoms with E-state index in [-0.39, 0.29) is 16.9 Å². The second-order valence-corrected chi connectivity index (χ2v) is 7.27. The van der Waals surface area contributed by atoms with E-state index in [2.05, 4.69) is 39.9 Å². The van der Waals surface area contributed by atoms with Crippen LogP contribution in [0.5, 0.6) is 0 Å². The Bertz CT molecular complexity index is 295. The van der Waals surface area contributed by atoms with Crippen LogP contribution in [0.15, 0.2) is 0 Å². The lowest BCUT2D eigenvalue weighted by Crippen LogP contribution is -2.54. The van der Waals surface area contributed by atoms with E-state index in [1.807, 2.05) is 11.9 Å². The minimum absolute atomic E-state index is 0.125. The van der Waals surface area contributed by atoms with Gasteiger partial charge in [-0.2, -0.15) is 0 Å². The first-order valence-electron chi connectivity index (χ1n) is 7.72. The summed E-state index contributed by atoms with van der Waals surface area (Å²) in [5.41, 5.74) is -0.0405. The van der Waals surface area contributed by atoms with Crippen LogP contribution in [0.1, 0.15) is 60.3 Å². The number of carbonyl (C=O) groups is 1. The number of amides is 1. The molecule has 3 heteroatoms. The highest BCUT2D eigenvalue weighted by Gasteiger charge is 2.42. The maximum atomic E-state index is 13.0. The number of nitrogens with one attached hydrogen (secondary N) is 1. The van der Waals surface area contributed by atoms with E-state index in [9.17, 15) is 4.79 Å². The SMILES string of the molecule is CCCC1(C(=O)N(C)C(C)C(C)(C)C)CCCNC1. The molecule has 0 spiro atoms. The van der Waals surface area contributed by atoms with Gasteiger partial charge in [0.05, 0.1) is 5.41 Å². The summed E-state index contributed by atoms with van der Waals surface area (Å²) in [6.45, 7) is 12.8. The molecule has 19 heavy (non-hydrogen) atoms. The molecule has 0 radical (unpaired) electrons. The zero-order chi connectivity index (χ0) is 14.7. The van der Waals surface area contributed by atoms with Gasteiger partial charge in [0.15, 0.2) is 0 Å². The molecule has 1 fully saturated rings. The lowest BCUT2D eigenvalue weighted by molar-refractivity contribution is -0.146. The van der Waals surface area contributed by atoms with Gasteiger partial charge in [-0.05, 0) is 38.1 Å². The smallest absolute Gasteiger partial charge is 0.230 e. The summed E-state index contributed by atoms with van der Waals surface area (Å²) >= 11 is 0. The van der Waals surface area contributed by atoms with Gasteiger partial charge in [0.2, 0.25) is 5.91 Å². The summed E-state index contributed by atoms with van der Waals surface area (Å²) in [7, 11) is 1.98. The number of carbonyl (C=O) groups excluding carboxylic acids is 1. The first-order chi connectivity index (χ1) is 8.74. The van der Waals surface area contributed by atoms with Crippen molar-refractivity contribution in [2.24, 2.45) is 10.8 Å². The molecule has 0 bridgehead atoms. The van der Waals surface area contributed by atoms with E-state index >= 15 is 0 Å². The van der Waals surface area contributed by atoms with E-state index in [1.165, 1.54) is 0 Å². The predicted octanol–water partition coefficient (Wildman–Crippen LogP) is 3.05. The molecule has 0 aromatic carbocycles. The maximum absolute atomic E-state index is 13.0. The Morgan fingerprint density at radius 1 is 1.42 bits per heavy atom. The van der Waals surface area contributed by atoms with Crippen LogP contribution in [0.3, 0.4) is 0 Å². The van der Waals surface area contributed by atoms with Gasteiger partial charge < -0.3 is 10.2 Å². The Morgan fingerprint density at radius 3 is 2.47 bits per heavy atom. The highest BCUT2D eigenvalue weighted by Crippen LogP contribution is 2.35. The van der Waals surface area contributed by atoms with Crippen LogP contribution in [0.2, 0.25) is 0 Å². The highest BCUT2D eigenvalue weighted by molar-refractivity contribution is 5.83. The minimum atomic E-state index is -0.165. The van der Waals surface area contributed by atoms with Crippen LogP contribution >= 0.6 is 0 Å². The molecule has 1 heterocycles. The molecule has 0 aromatic heterocycles. The molecule has 112 valence electrons. The van der Waals surface area contributed by atoms with Crippen molar-refractivity contribution in [3.63, 3.8) is 0 Å². The van der Waals surface area contributed by atoms with Gasteiger partial charge >= 0.3 is 0 Å². The Kier molecular flexibility index (Phi) is 5.43. The third-order valence-electron chi connectivity index (χ3n) is 4.81. The van der Waals surface area contributed by atoms with Gasteiger partial charge in [0, 0.05) is 19.6 Å². The fourth-order valence-corrected chi connectivity index (χ4v) is 3.08. The van der Waals surface area contributed by atoms with Crippen LogP contribution in [0.4, 0.5) is 0 Å². The Hall–Kier alpha value is -0.570. The Balaban J connectivity index is 2.87. The fraction of sp³-hybridized carbons (Fsp3) is 0.938. The third kappa shape index (κ3) is 3.71.